The first-order valence-corrected chi connectivity index (χ1v) is 8.11. The third kappa shape index (κ3) is 3.18. The summed E-state index contributed by atoms with van der Waals surface area (Å²) >= 11 is 0. The number of hydrogen-bond donors (Lipinski definition) is 1. The molecule has 2 amide bonds. The Bertz CT molecular complexity index is 856. The third-order valence-corrected chi connectivity index (χ3v) is 4.47. The number of benzene rings is 1. The third-order valence-electron chi connectivity index (χ3n) is 4.47. The molecule has 24 heavy (non-hydrogen) atoms. The van der Waals surface area contributed by atoms with Gasteiger partial charge in [0, 0.05) is 42.7 Å². The number of carbonyl (C=O) groups excluding carboxylic acids is 2. The van der Waals surface area contributed by atoms with E-state index in [1.807, 2.05) is 19.9 Å². The summed E-state index contributed by atoms with van der Waals surface area (Å²) in [7, 11) is 0. The molecule has 2 heterocycles. The summed E-state index contributed by atoms with van der Waals surface area (Å²) < 4.78 is 5.20. The van der Waals surface area contributed by atoms with Crippen LogP contribution in [0.4, 0.5) is 5.69 Å². The van der Waals surface area contributed by atoms with Crippen molar-refractivity contribution in [2.75, 3.05) is 18.4 Å². The lowest BCUT2D eigenvalue weighted by Crippen LogP contribution is -2.43. The number of nitrogens with one attached hydrogen (secondary N) is 1. The normalized spacial score (nSPS) is 18.0. The molecule has 1 fully saturated rings. The molecule has 0 radical (unpaired) electrons. The lowest BCUT2D eigenvalue weighted by molar-refractivity contribution is -0.136. The topological polar surface area (TPSA) is 79.6 Å². The molecule has 1 aliphatic heterocycles. The Morgan fingerprint density at radius 3 is 2.88 bits per heavy atom. The molecule has 1 unspecified atom stereocenters. The second-order valence-electron chi connectivity index (χ2n) is 6.12. The highest BCUT2D eigenvalue weighted by Crippen LogP contribution is 2.23. The van der Waals surface area contributed by atoms with Crippen molar-refractivity contribution in [3.05, 3.63) is 40.2 Å². The fraction of sp³-hybridized carbons (Fsp3) is 0.389. The Hall–Kier alpha value is -2.63. The largest absolute Gasteiger partial charge is 0.423 e. The van der Waals surface area contributed by atoms with Crippen molar-refractivity contribution in [1.29, 1.82) is 0 Å². The number of amides is 2. The van der Waals surface area contributed by atoms with Gasteiger partial charge in [0.25, 0.3) is 0 Å². The van der Waals surface area contributed by atoms with Crippen LogP contribution in [0, 0.1) is 12.8 Å². The molecule has 0 spiro atoms. The van der Waals surface area contributed by atoms with Gasteiger partial charge < -0.3 is 14.6 Å². The molecule has 126 valence electrons. The second kappa shape index (κ2) is 6.47. The molecule has 2 aromatic rings. The molecule has 1 aliphatic rings. The van der Waals surface area contributed by atoms with Crippen molar-refractivity contribution in [2.24, 2.45) is 5.92 Å². The molecule has 1 saturated heterocycles. The molecule has 6 heteroatoms. The summed E-state index contributed by atoms with van der Waals surface area (Å²) in [5.74, 6) is -0.234. The van der Waals surface area contributed by atoms with Gasteiger partial charge in [0.1, 0.15) is 5.58 Å². The summed E-state index contributed by atoms with van der Waals surface area (Å²) in [6.07, 6.45) is 0.959. The maximum Gasteiger partial charge on any atom is 0.336 e. The molecule has 0 bridgehead atoms. The number of likely N-dealkylation sites (tertiary alicyclic amines) is 1. The van der Waals surface area contributed by atoms with Crippen molar-refractivity contribution in [2.45, 2.75) is 26.7 Å². The first-order chi connectivity index (χ1) is 11.5. The zero-order chi connectivity index (χ0) is 17.3. The number of carbonyl (C=O) groups is 2. The minimum absolute atomic E-state index is 0.101. The molecular formula is C18H20N2O4. The van der Waals surface area contributed by atoms with Gasteiger partial charge in [-0.2, -0.15) is 0 Å². The quantitative estimate of drug-likeness (QED) is 0.877. The van der Waals surface area contributed by atoms with Gasteiger partial charge in [0.15, 0.2) is 0 Å². The molecule has 1 aromatic carbocycles. The van der Waals surface area contributed by atoms with Crippen LogP contribution in [0.3, 0.4) is 0 Å². The van der Waals surface area contributed by atoms with Gasteiger partial charge in [0.05, 0.1) is 5.92 Å². The van der Waals surface area contributed by atoms with Crippen LogP contribution in [0.5, 0.6) is 0 Å². The van der Waals surface area contributed by atoms with E-state index in [9.17, 15) is 14.4 Å². The van der Waals surface area contributed by atoms with Crippen LogP contribution >= 0.6 is 0 Å². The Morgan fingerprint density at radius 2 is 2.12 bits per heavy atom. The summed E-state index contributed by atoms with van der Waals surface area (Å²) in [6, 6.07) is 6.72. The van der Waals surface area contributed by atoms with Gasteiger partial charge in [-0.1, -0.05) is 0 Å². The van der Waals surface area contributed by atoms with Crippen LogP contribution in [0.15, 0.2) is 33.5 Å². The van der Waals surface area contributed by atoms with E-state index in [0.717, 1.165) is 10.9 Å². The van der Waals surface area contributed by atoms with Crippen LogP contribution in [-0.2, 0) is 9.59 Å². The lowest BCUT2D eigenvalue weighted by atomic mass is 9.96. The Balaban J connectivity index is 1.78. The minimum atomic E-state index is -0.409. The van der Waals surface area contributed by atoms with E-state index >= 15 is 0 Å². The number of hydrogen-bond acceptors (Lipinski definition) is 4. The van der Waals surface area contributed by atoms with E-state index in [4.69, 9.17) is 4.42 Å². The standard InChI is InChI=1S/C18H20N2O4/c1-3-20-10-12(4-7-16(20)21)18(23)19-13-5-6-14-11(2)8-17(22)24-15(14)9-13/h5-6,8-9,12H,3-4,7,10H2,1-2H3,(H,19,23). The van der Waals surface area contributed by atoms with Crippen LogP contribution in [0.25, 0.3) is 11.0 Å². The fourth-order valence-electron chi connectivity index (χ4n) is 3.08. The predicted molar refractivity (Wildman–Crippen MR) is 90.8 cm³/mol. The Morgan fingerprint density at radius 1 is 1.33 bits per heavy atom. The highest BCUT2D eigenvalue weighted by atomic mass is 16.4. The van der Waals surface area contributed by atoms with Crippen molar-refractivity contribution >= 4 is 28.5 Å². The van der Waals surface area contributed by atoms with Gasteiger partial charge in [-0.05, 0) is 38.0 Å². The van der Waals surface area contributed by atoms with Crippen LogP contribution in [0.2, 0.25) is 0 Å². The zero-order valence-corrected chi connectivity index (χ0v) is 13.8. The Labute approximate surface area is 139 Å². The highest BCUT2D eigenvalue weighted by molar-refractivity contribution is 5.96. The van der Waals surface area contributed by atoms with Gasteiger partial charge in [-0.15, -0.1) is 0 Å². The first kappa shape index (κ1) is 16.2. The van der Waals surface area contributed by atoms with E-state index in [1.54, 1.807) is 17.0 Å². The second-order valence-corrected chi connectivity index (χ2v) is 6.12. The highest BCUT2D eigenvalue weighted by Gasteiger charge is 2.29. The average Bonchev–Trinajstić information content (AvgIpc) is 2.54. The first-order valence-electron chi connectivity index (χ1n) is 8.11. The molecule has 1 N–H and O–H groups in total. The molecular weight excluding hydrogens is 308 g/mol. The maximum atomic E-state index is 12.5. The summed E-state index contributed by atoms with van der Waals surface area (Å²) in [4.78, 5) is 37.4. The molecule has 0 aliphatic carbocycles. The van der Waals surface area contributed by atoms with Crippen molar-refractivity contribution in [3.63, 3.8) is 0 Å². The van der Waals surface area contributed by atoms with Gasteiger partial charge >= 0.3 is 5.63 Å². The molecule has 0 saturated carbocycles. The van der Waals surface area contributed by atoms with Gasteiger partial charge in [-0.25, -0.2) is 4.79 Å². The number of rotatable bonds is 3. The molecule has 1 aromatic heterocycles. The minimum Gasteiger partial charge on any atom is -0.423 e. The number of anilines is 1. The number of nitrogens with zero attached hydrogens (tertiary/aromatic N) is 1. The number of fused-ring (bicyclic) bond motifs is 1. The van der Waals surface area contributed by atoms with Crippen LogP contribution in [0.1, 0.15) is 25.3 Å². The van der Waals surface area contributed by atoms with Crippen molar-refractivity contribution < 1.29 is 14.0 Å². The molecule has 6 nitrogen and oxygen atoms in total. The monoisotopic (exact) mass is 328 g/mol. The van der Waals surface area contributed by atoms with Crippen molar-refractivity contribution in [3.8, 4) is 0 Å². The number of aryl methyl sites for hydroxylation is 1. The summed E-state index contributed by atoms with van der Waals surface area (Å²) in [5.41, 5.74) is 1.46. The summed E-state index contributed by atoms with van der Waals surface area (Å²) in [6.45, 7) is 4.81. The summed E-state index contributed by atoms with van der Waals surface area (Å²) in [5, 5.41) is 3.70. The van der Waals surface area contributed by atoms with E-state index in [0.29, 0.717) is 37.2 Å². The van der Waals surface area contributed by atoms with E-state index in [1.165, 1.54) is 6.07 Å². The van der Waals surface area contributed by atoms with Crippen LogP contribution in [-0.4, -0.2) is 29.8 Å². The predicted octanol–water partition coefficient (Wildman–Crippen LogP) is 2.30. The number of piperidine rings is 1. The SMILES string of the molecule is CCN1CC(C(=O)Nc2ccc3c(C)cc(=O)oc3c2)CCC1=O. The fourth-order valence-corrected chi connectivity index (χ4v) is 3.08. The zero-order valence-electron chi connectivity index (χ0n) is 13.8. The Kier molecular flexibility index (Phi) is 4.38. The smallest absolute Gasteiger partial charge is 0.336 e. The van der Waals surface area contributed by atoms with E-state index in [2.05, 4.69) is 5.32 Å². The van der Waals surface area contributed by atoms with Gasteiger partial charge in [0.2, 0.25) is 11.8 Å². The maximum absolute atomic E-state index is 12.5. The van der Waals surface area contributed by atoms with E-state index in [-0.39, 0.29) is 17.7 Å². The van der Waals surface area contributed by atoms with Crippen molar-refractivity contribution in [1.82, 2.24) is 4.90 Å². The average molecular weight is 328 g/mol. The van der Waals surface area contributed by atoms with Gasteiger partial charge in [-0.3, -0.25) is 9.59 Å². The van der Waals surface area contributed by atoms with Crippen LogP contribution < -0.4 is 10.9 Å². The molecule has 1 atom stereocenters. The molecule has 3 rings (SSSR count). The van der Waals surface area contributed by atoms with E-state index < -0.39 is 5.63 Å². The lowest BCUT2D eigenvalue weighted by Gasteiger charge is -2.31.